The zero-order chi connectivity index (χ0) is 12.4. The highest BCUT2D eigenvalue weighted by Gasteiger charge is 2.15. The lowest BCUT2D eigenvalue weighted by atomic mass is 10.1. The highest BCUT2D eigenvalue weighted by molar-refractivity contribution is 5.98. The minimum atomic E-state index is 0.927. The van der Waals surface area contributed by atoms with Gasteiger partial charge in [0.1, 0.15) is 5.82 Å². The minimum absolute atomic E-state index is 0.927. The van der Waals surface area contributed by atoms with Gasteiger partial charge < -0.3 is 9.88 Å². The molecule has 1 aliphatic heterocycles. The molecule has 0 radical (unpaired) electrons. The van der Waals surface area contributed by atoms with E-state index in [1.54, 1.807) is 0 Å². The van der Waals surface area contributed by atoms with Crippen LogP contribution >= 0.6 is 0 Å². The molecule has 0 unspecified atom stereocenters. The van der Waals surface area contributed by atoms with Crippen LogP contribution in [0, 0.1) is 6.92 Å². The van der Waals surface area contributed by atoms with Gasteiger partial charge in [-0.2, -0.15) is 0 Å². The van der Waals surface area contributed by atoms with Crippen LogP contribution in [0.3, 0.4) is 0 Å². The van der Waals surface area contributed by atoms with Crippen LogP contribution in [0.25, 0.3) is 17.0 Å². The van der Waals surface area contributed by atoms with Gasteiger partial charge in [-0.15, -0.1) is 0 Å². The third-order valence-corrected chi connectivity index (χ3v) is 3.14. The number of anilines is 1. The normalized spacial score (nSPS) is 12.7. The third kappa shape index (κ3) is 1.74. The van der Waals surface area contributed by atoms with Crippen molar-refractivity contribution in [3.05, 3.63) is 35.4 Å². The second kappa shape index (κ2) is 4.66. The summed E-state index contributed by atoms with van der Waals surface area (Å²) in [5, 5.41) is 4.80. The van der Waals surface area contributed by atoms with Gasteiger partial charge in [-0.1, -0.05) is 38.1 Å². The van der Waals surface area contributed by atoms with E-state index in [9.17, 15) is 0 Å². The summed E-state index contributed by atoms with van der Waals surface area (Å²) < 4.78 is 2.24. The minimum Gasteiger partial charge on any atom is -0.367 e. The molecule has 90 valence electrons. The summed E-state index contributed by atoms with van der Waals surface area (Å²) >= 11 is 0. The molecule has 1 aliphatic rings. The van der Waals surface area contributed by atoms with E-state index in [-0.39, 0.29) is 0 Å². The molecule has 1 aromatic heterocycles. The van der Waals surface area contributed by atoms with Gasteiger partial charge in [-0.3, -0.25) is 0 Å². The Morgan fingerprint density at radius 1 is 1.24 bits per heavy atom. The lowest BCUT2D eigenvalue weighted by Crippen LogP contribution is -2.07. The summed E-state index contributed by atoms with van der Waals surface area (Å²) in [6.07, 6.45) is 4.40. The van der Waals surface area contributed by atoms with E-state index in [1.807, 2.05) is 13.8 Å². The summed E-state index contributed by atoms with van der Waals surface area (Å²) in [6, 6.07) is 6.47. The Labute approximate surface area is 103 Å². The molecular formula is C15H20N2. The number of hydrogen-bond acceptors (Lipinski definition) is 1. The maximum atomic E-state index is 3.42. The first-order chi connectivity index (χ1) is 8.29. The first-order valence-electron chi connectivity index (χ1n) is 6.27. The van der Waals surface area contributed by atoms with Gasteiger partial charge in [-0.25, -0.2) is 0 Å². The van der Waals surface area contributed by atoms with Crippen LogP contribution in [0.5, 0.6) is 0 Å². The predicted molar refractivity (Wildman–Crippen MR) is 76.5 cm³/mol. The summed E-state index contributed by atoms with van der Waals surface area (Å²) in [5.74, 6) is 1.24. The molecule has 0 fully saturated rings. The standard InChI is InChI=1S/C13H14N2.C2H6/c1-9-5-3-7-11-12(9)10-6-4-8-14-13(10)15(11)2;1-2/h3-7,14H,8H2,1-2H3;1-2H3. The Morgan fingerprint density at radius 3 is 2.76 bits per heavy atom. The Morgan fingerprint density at radius 2 is 2.00 bits per heavy atom. The molecule has 2 nitrogen and oxygen atoms in total. The number of rotatable bonds is 0. The quantitative estimate of drug-likeness (QED) is 0.722. The Bertz CT molecular complexity index is 562. The molecule has 0 atom stereocenters. The average molecular weight is 228 g/mol. The lowest BCUT2D eigenvalue weighted by molar-refractivity contribution is 0.961. The number of fused-ring (bicyclic) bond motifs is 3. The highest BCUT2D eigenvalue weighted by Crippen LogP contribution is 2.33. The van der Waals surface area contributed by atoms with Crippen LogP contribution in [0.2, 0.25) is 0 Å². The van der Waals surface area contributed by atoms with E-state index in [0.29, 0.717) is 0 Å². The van der Waals surface area contributed by atoms with Gasteiger partial charge in [0.2, 0.25) is 0 Å². The van der Waals surface area contributed by atoms with Gasteiger partial charge in [0.15, 0.2) is 0 Å². The van der Waals surface area contributed by atoms with Crippen molar-refractivity contribution in [3.63, 3.8) is 0 Å². The molecule has 2 heteroatoms. The third-order valence-electron chi connectivity index (χ3n) is 3.14. The van der Waals surface area contributed by atoms with Gasteiger partial charge in [0.05, 0.1) is 5.52 Å². The summed E-state index contributed by atoms with van der Waals surface area (Å²) in [4.78, 5) is 0. The van der Waals surface area contributed by atoms with Crippen LogP contribution < -0.4 is 5.32 Å². The molecule has 1 N–H and O–H groups in total. The number of hydrogen-bond donors (Lipinski definition) is 1. The summed E-state index contributed by atoms with van der Waals surface area (Å²) in [7, 11) is 2.12. The molecule has 0 aliphatic carbocycles. The van der Waals surface area contributed by atoms with E-state index >= 15 is 0 Å². The van der Waals surface area contributed by atoms with Crippen LogP contribution in [0.1, 0.15) is 25.0 Å². The topological polar surface area (TPSA) is 17.0 Å². The number of nitrogens with zero attached hydrogens (tertiary/aromatic N) is 1. The van der Waals surface area contributed by atoms with Gasteiger partial charge in [0, 0.05) is 24.5 Å². The van der Waals surface area contributed by atoms with Crippen LogP contribution in [0.15, 0.2) is 24.3 Å². The number of benzene rings is 1. The fourth-order valence-corrected chi connectivity index (χ4v) is 2.41. The summed E-state index contributed by atoms with van der Waals surface area (Å²) in [6.45, 7) is 7.10. The number of aryl methyl sites for hydroxylation is 2. The zero-order valence-electron chi connectivity index (χ0n) is 11.0. The fourth-order valence-electron chi connectivity index (χ4n) is 2.41. The predicted octanol–water partition coefficient (Wildman–Crippen LogP) is 3.95. The monoisotopic (exact) mass is 228 g/mol. The van der Waals surface area contributed by atoms with E-state index in [2.05, 4.69) is 54.2 Å². The molecule has 0 bridgehead atoms. The number of nitrogens with one attached hydrogen (secondary N) is 1. The van der Waals surface area contributed by atoms with Gasteiger partial charge in [0.25, 0.3) is 0 Å². The van der Waals surface area contributed by atoms with Crippen molar-refractivity contribution in [2.45, 2.75) is 20.8 Å². The molecule has 17 heavy (non-hydrogen) atoms. The first-order valence-corrected chi connectivity index (χ1v) is 6.27. The molecule has 0 spiro atoms. The largest absolute Gasteiger partial charge is 0.367 e. The van der Waals surface area contributed by atoms with Crippen molar-refractivity contribution in [1.29, 1.82) is 0 Å². The molecule has 0 amide bonds. The van der Waals surface area contributed by atoms with Crippen molar-refractivity contribution >= 4 is 22.8 Å². The molecular weight excluding hydrogens is 208 g/mol. The van der Waals surface area contributed by atoms with Crippen molar-refractivity contribution in [2.75, 3.05) is 11.9 Å². The molecule has 0 saturated carbocycles. The number of aromatic nitrogens is 1. The van der Waals surface area contributed by atoms with E-state index in [1.165, 1.54) is 27.8 Å². The first kappa shape index (κ1) is 11.8. The Hall–Kier alpha value is -1.70. The average Bonchev–Trinajstić information content (AvgIpc) is 2.68. The Balaban J connectivity index is 0.000000514. The van der Waals surface area contributed by atoms with E-state index in [4.69, 9.17) is 0 Å². The van der Waals surface area contributed by atoms with Crippen molar-refractivity contribution < 1.29 is 0 Å². The molecule has 3 rings (SSSR count). The van der Waals surface area contributed by atoms with Crippen molar-refractivity contribution in [2.24, 2.45) is 7.05 Å². The lowest BCUT2D eigenvalue weighted by Gasteiger charge is -2.10. The Kier molecular flexibility index (Phi) is 3.23. The molecule has 2 aromatic rings. The van der Waals surface area contributed by atoms with Gasteiger partial charge in [-0.05, 0) is 18.6 Å². The second-order valence-corrected chi connectivity index (χ2v) is 4.07. The molecule has 2 heterocycles. The van der Waals surface area contributed by atoms with Gasteiger partial charge >= 0.3 is 0 Å². The fraction of sp³-hybridized carbons (Fsp3) is 0.333. The van der Waals surface area contributed by atoms with E-state index < -0.39 is 0 Å². The SMILES string of the molecule is CC.Cc1cccc2c1c1c(n2C)NCC=C1. The maximum Gasteiger partial charge on any atom is 0.114 e. The molecule has 1 aromatic carbocycles. The maximum absolute atomic E-state index is 3.42. The zero-order valence-corrected chi connectivity index (χ0v) is 11.0. The highest BCUT2D eigenvalue weighted by atomic mass is 15.1. The van der Waals surface area contributed by atoms with E-state index in [0.717, 1.165) is 6.54 Å². The van der Waals surface area contributed by atoms with Crippen LogP contribution in [-0.2, 0) is 7.05 Å². The van der Waals surface area contributed by atoms with Crippen LogP contribution in [0.4, 0.5) is 5.82 Å². The molecule has 0 saturated heterocycles. The van der Waals surface area contributed by atoms with Crippen LogP contribution in [-0.4, -0.2) is 11.1 Å². The smallest absolute Gasteiger partial charge is 0.114 e. The van der Waals surface area contributed by atoms with Crippen molar-refractivity contribution in [1.82, 2.24) is 4.57 Å². The summed E-state index contributed by atoms with van der Waals surface area (Å²) in [5.41, 5.74) is 3.98. The van der Waals surface area contributed by atoms with Crippen molar-refractivity contribution in [3.8, 4) is 0 Å². The second-order valence-electron chi connectivity index (χ2n) is 4.07.